The Kier molecular flexibility index (Phi) is 3.28. The van der Waals surface area contributed by atoms with Gasteiger partial charge in [0.15, 0.2) is 0 Å². The summed E-state index contributed by atoms with van der Waals surface area (Å²) in [5.41, 5.74) is 2.18. The molecule has 2 unspecified atom stereocenters. The fraction of sp³-hybridized carbons (Fsp3) is 0.333. The number of aliphatic carboxylic acids is 1. The van der Waals surface area contributed by atoms with Gasteiger partial charge in [-0.15, -0.1) is 0 Å². The van der Waals surface area contributed by atoms with E-state index in [4.69, 9.17) is 5.11 Å². The van der Waals surface area contributed by atoms with Crippen molar-refractivity contribution in [2.75, 3.05) is 6.54 Å². The fourth-order valence-electron chi connectivity index (χ4n) is 2.79. The van der Waals surface area contributed by atoms with Crippen LogP contribution in [0.2, 0.25) is 0 Å². The number of hydrogen-bond acceptors (Lipinski definition) is 3. The second-order valence-electron chi connectivity index (χ2n) is 5.18. The summed E-state index contributed by atoms with van der Waals surface area (Å²) in [6.45, 7) is 0.523. The maximum absolute atomic E-state index is 11.1. The first kappa shape index (κ1) is 12.9. The van der Waals surface area contributed by atoms with Gasteiger partial charge in [0.2, 0.25) is 0 Å². The van der Waals surface area contributed by atoms with E-state index in [0.717, 1.165) is 17.0 Å². The van der Waals surface area contributed by atoms with Crippen LogP contribution in [0.4, 0.5) is 0 Å². The summed E-state index contributed by atoms with van der Waals surface area (Å²) in [6, 6.07) is 8.12. The number of benzene rings is 1. The van der Waals surface area contributed by atoms with E-state index in [1.54, 1.807) is 6.20 Å². The predicted molar refractivity (Wildman–Crippen MR) is 75.1 cm³/mol. The van der Waals surface area contributed by atoms with Crippen LogP contribution in [0.5, 0.6) is 0 Å². The van der Waals surface area contributed by atoms with Gasteiger partial charge in [-0.3, -0.25) is 4.79 Å². The first-order chi connectivity index (χ1) is 9.66. The Morgan fingerprint density at radius 1 is 1.45 bits per heavy atom. The van der Waals surface area contributed by atoms with Crippen molar-refractivity contribution < 1.29 is 9.90 Å². The van der Waals surface area contributed by atoms with Gasteiger partial charge in [-0.05, 0) is 12.0 Å². The predicted octanol–water partition coefficient (Wildman–Crippen LogP) is 1.82. The summed E-state index contributed by atoms with van der Waals surface area (Å²) < 4.78 is 1.97. The lowest BCUT2D eigenvalue weighted by Gasteiger charge is -2.15. The van der Waals surface area contributed by atoms with Gasteiger partial charge in [0.05, 0.1) is 5.92 Å². The minimum absolute atomic E-state index is 0.0731. The van der Waals surface area contributed by atoms with E-state index in [0.29, 0.717) is 13.0 Å². The molecule has 1 saturated heterocycles. The first-order valence-corrected chi connectivity index (χ1v) is 6.69. The molecule has 0 bridgehead atoms. The van der Waals surface area contributed by atoms with Crippen LogP contribution in [0.1, 0.15) is 18.0 Å². The molecular formula is C15H17N3O2. The molecule has 2 aromatic rings. The summed E-state index contributed by atoms with van der Waals surface area (Å²) in [7, 11) is 1.96. The van der Waals surface area contributed by atoms with Crippen molar-refractivity contribution >= 4 is 5.97 Å². The minimum atomic E-state index is -0.727. The molecule has 2 heterocycles. The standard InChI is InChI=1S/C15H17N3O2/c1-18-7-6-16-14(18)12-5-3-2-4-11(12)13-8-10(9-17-13)15(19)20/h2-7,10,13,17H,8-9H2,1H3,(H,19,20). The van der Waals surface area contributed by atoms with Crippen molar-refractivity contribution in [3.63, 3.8) is 0 Å². The molecule has 0 radical (unpaired) electrons. The number of carbonyl (C=O) groups is 1. The monoisotopic (exact) mass is 271 g/mol. The van der Waals surface area contributed by atoms with Crippen LogP contribution >= 0.6 is 0 Å². The number of carboxylic acids is 1. The SMILES string of the molecule is Cn1ccnc1-c1ccccc1C1CC(C(=O)O)CN1. The quantitative estimate of drug-likeness (QED) is 0.893. The van der Waals surface area contributed by atoms with Crippen LogP contribution in [0, 0.1) is 5.92 Å². The topological polar surface area (TPSA) is 67.2 Å². The molecule has 0 spiro atoms. The highest BCUT2D eigenvalue weighted by Crippen LogP contribution is 2.33. The molecule has 1 aromatic heterocycles. The van der Waals surface area contributed by atoms with Gasteiger partial charge in [-0.25, -0.2) is 4.98 Å². The van der Waals surface area contributed by atoms with Crippen molar-refractivity contribution in [1.82, 2.24) is 14.9 Å². The van der Waals surface area contributed by atoms with Crippen molar-refractivity contribution in [3.8, 4) is 11.4 Å². The summed E-state index contributed by atoms with van der Waals surface area (Å²) in [5.74, 6) is -0.134. The molecule has 0 saturated carbocycles. The van der Waals surface area contributed by atoms with Gasteiger partial charge in [-0.1, -0.05) is 24.3 Å². The Labute approximate surface area is 117 Å². The van der Waals surface area contributed by atoms with Crippen LogP contribution in [0.3, 0.4) is 0 Å². The number of aromatic nitrogens is 2. The van der Waals surface area contributed by atoms with E-state index in [9.17, 15) is 4.79 Å². The molecule has 0 aliphatic carbocycles. The Bertz CT molecular complexity index is 636. The molecule has 3 rings (SSSR count). The molecule has 1 aromatic carbocycles. The van der Waals surface area contributed by atoms with Gasteiger partial charge in [0, 0.05) is 37.6 Å². The number of carboxylic acid groups (broad SMARTS) is 1. The average molecular weight is 271 g/mol. The Morgan fingerprint density at radius 3 is 2.90 bits per heavy atom. The lowest BCUT2D eigenvalue weighted by Crippen LogP contribution is -2.17. The number of imidazole rings is 1. The van der Waals surface area contributed by atoms with Crippen molar-refractivity contribution in [1.29, 1.82) is 0 Å². The average Bonchev–Trinajstić information content (AvgIpc) is 3.07. The molecule has 1 fully saturated rings. The van der Waals surface area contributed by atoms with Gasteiger partial charge >= 0.3 is 5.97 Å². The van der Waals surface area contributed by atoms with Gasteiger partial charge < -0.3 is 15.0 Å². The normalized spacial score (nSPS) is 22.1. The molecule has 104 valence electrons. The highest BCUT2D eigenvalue weighted by molar-refractivity contribution is 5.71. The molecule has 20 heavy (non-hydrogen) atoms. The summed E-state index contributed by atoms with van der Waals surface area (Å²) in [5, 5.41) is 12.4. The van der Waals surface area contributed by atoms with Gasteiger partial charge in [-0.2, -0.15) is 0 Å². The van der Waals surface area contributed by atoms with Crippen LogP contribution in [0.25, 0.3) is 11.4 Å². The van der Waals surface area contributed by atoms with Crippen LogP contribution in [-0.4, -0.2) is 27.2 Å². The number of nitrogens with one attached hydrogen (secondary N) is 1. The molecule has 5 heteroatoms. The number of rotatable bonds is 3. The third-order valence-corrected chi connectivity index (χ3v) is 3.88. The molecule has 1 aliphatic heterocycles. The third kappa shape index (κ3) is 2.20. The first-order valence-electron chi connectivity index (χ1n) is 6.69. The fourth-order valence-corrected chi connectivity index (χ4v) is 2.79. The highest BCUT2D eigenvalue weighted by Gasteiger charge is 2.31. The van der Waals surface area contributed by atoms with Crippen LogP contribution < -0.4 is 5.32 Å². The van der Waals surface area contributed by atoms with E-state index < -0.39 is 5.97 Å². The van der Waals surface area contributed by atoms with E-state index >= 15 is 0 Å². The maximum Gasteiger partial charge on any atom is 0.307 e. The lowest BCUT2D eigenvalue weighted by atomic mass is 9.95. The molecule has 2 atom stereocenters. The third-order valence-electron chi connectivity index (χ3n) is 3.88. The van der Waals surface area contributed by atoms with Crippen molar-refractivity contribution in [2.45, 2.75) is 12.5 Å². The zero-order valence-corrected chi connectivity index (χ0v) is 11.3. The van der Waals surface area contributed by atoms with Crippen LogP contribution in [-0.2, 0) is 11.8 Å². The summed E-state index contributed by atoms with van der Waals surface area (Å²) in [4.78, 5) is 15.5. The van der Waals surface area contributed by atoms with Gasteiger partial charge in [0.25, 0.3) is 0 Å². The van der Waals surface area contributed by atoms with E-state index in [1.807, 2.05) is 42.1 Å². The molecule has 5 nitrogen and oxygen atoms in total. The molecule has 1 aliphatic rings. The minimum Gasteiger partial charge on any atom is -0.481 e. The zero-order chi connectivity index (χ0) is 14.1. The maximum atomic E-state index is 11.1. The van der Waals surface area contributed by atoms with E-state index in [1.165, 1.54) is 0 Å². The van der Waals surface area contributed by atoms with Crippen LogP contribution in [0.15, 0.2) is 36.7 Å². The second-order valence-corrected chi connectivity index (χ2v) is 5.18. The largest absolute Gasteiger partial charge is 0.481 e. The molecule has 0 amide bonds. The Morgan fingerprint density at radius 2 is 2.25 bits per heavy atom. The second kappa shape index (κ2) is 5.09. The summed E-state index contributed by atoms with van der Waals surface area (Å²) >= 11 is 0. The summed E-state index contributed by atoms with van der Waals surface area (Å²) in [6.07, 6.45) is 4.30. The number of nitrogens with zero attached hydrogens (tertiary/aromatic N) is 2. The lowest BCUT2D eigenvalue weighted by molar-refractivity contribution is -0.141. The highest BCUT2D eigenvalue weighted by atomic mass is 16.4. The van der Waals surface area contributed by atoms with E-state index in [2.05, 4.69) is 10.3 Å². The zero-order valence-electron chi connectivity index (χ0n) is 11.3. The van der Waals surface area contributed by atoms with Crippen molar-refractivity contribution in [2.24, 2.45) is 13.0 Å². The Balaban J connectivity index is 1.96. The van der Waals surface area contributed by atoms with Gasteiger partial charge in [0.1, 0.15) is 5.82 Å². The number of hydrogen-bond donors (Lipinski definition) is 2. The molecule has 2 N–H and O–H groups in total. The smallest absolute Gasteiger partial charge is 0.307 e. The van der Waals surface area contributed by atoms with E-state index in [-0.39, 0.29) is 12.0 Å². The Hall–Kier alpha value is -2.14. The number of aryl methyl sites for hydroxylation is 1. The van der Waals surface area contributed by atoms with Crippen molar-refractivity contribution in [3.05, 3.63) is 42.2 Å². The molecular weight excluding hydrogens is 254 g/mol.